The number of rotatable bonds is 4. The Morgan fingerprint density at radius 1 is 0.710 bits per heavy atom. The zero-order valence-electron chi connectivity index (χ0n) is 16.9. The Morgan fingerprint density at radius 2 is 1.45 bits per heavy atom. The van der Waals surface area contributed by atoms with Crippen LogP contribution < -0.4 is 21.2 Å². The lowest BCUT2D eigenvalue weighted by atomic mass is 10.2. The van der Waals surface area contributed by atoms with Crippen LogP contribution in [0.5, 0.6) is 0 Å². The highest BCUT2D eigenvalue weighted by Gasteiger charge is 2.50. The number of H-pyrrole nitrogens is 1. The van der Waals surface area contributed by atoms with Gasteiger partial charge in [0, 0.05) is 35.6 Å². The minimum atomic E-state index is -2.21. The van der Waals surface area contributed by atoms with Gasteiger partial charge in [-0.2, -0.15) is 0 Å². The quantitative estimate of drug-likeness (QED) is 0.439. The van der Waals surface area contributed by atoms with E-state index in [1.54, 1.807) is 0 Å². The van der Waals surface area contributed by atoms with Gasteiger partial charge < -0.3 is 4.98 Å². The summed E-state index contributed by atoms with van der Waals surface area (Å²) in [4.78, 5) is 12.7. The van der Waals surface area contributed by atoms with Crippen molar-refractivity contribution >= 4 is 45.6 Å². The van der Waals surface area contributed by atoms with E-state index in [-0.39, 0.29) is 0 Å². The van der Waals surface area contributed by atoms with Crippen molar-refractivity contribution in [1.29, 1.82) is 0 Å². The fraction of sp³-hybridized carbons (Fsp3) is 0.0370. The van der Waals surface area contributed by atoms with Gasteiger partial charge in [0.1, 0.15) is 28.5 Å². The summed E-state index contributed by atoms with van der Waals surface area (Å²) in [6.45, 7) is 0.654. The maximum Gasteiger partial charge on any atom is 0.145 e. The minimum Gasteiger partial charge on any atom is -0.361 e. The van der Waals surface area contributed by atoms with Crippen molar-refractivity contribution in [2.45, 2.75) is 6.54 Å². The van der Waals surface area contributed by atoms with Crippen LogP contribution in [0.4, 0.5) is 0 Å². The van der Waals surface area contributed by atoms with Gasteiger partial charge in [0.15, 0.2) is 0 Å². The third kappa shape index (κ3) is 2.71. The van der Waals surface area contributed by atoms with Crippen LogP contribution in [0.2, 0.25) is 0 Å². The third-order valence-electron chi connectivity index (χ3n) is 6.09. The molecule has 0 fully saturated rings. The molecule has 0 radical (unpaired) electrons. The molecule has 4 heteroatoms. The molecule has 0 bridgehead atoms. The normalized spacial score (nSPS) is 12.9. The molecule has 148 valence electrons. The van der Waals surface area contributed by atoms with Gasteiger partial charge in [-0.3, -0.25) is 9.98 Å². The molecule has 3 nitrogen and oxygen atoms in total. The largest absolute Gasteiger partial charge is 0.361 e. The van der Waals surface area contributed by atoms with Crippen molar-refractivity contribution in [2.75, 3.05) is 0 Å². The summed E-state index contributed by atoms with van der Waals surface area (Å²) in [6.07, 6.45) is 6.02. The summed E-state index contributed by atoms with van der Waals surface area (Å²) < 4.78 is 0. The Bertz CT molecular complexity index is 1370. The summed E-state index contributed by atoms with van der Waals surface area (Å²) in [7, 11) is -2.21. The highest BCUT2D eigenvalue weighted by Crippen LogP contribution is 2.56. The SMILES string of the molecule is C1=NCc2nccc([P+](c3ccccc3)(c3ccccc3)c3cccc4[nH]ccc34)c21. The first-order valence-corrected chi connectivity index (χ1v) is 12.2. The number of nitrogens with zero attached hydrogens (tertiary/aromatic N) is 2. The number of hydrogen-bond acceptors (Lipinski definition) is 2. The van der Waals surface area contributed by atoms with E-state index in [9.17, 15) is 0 Å². The number of aromatic nitrogens is 2. The molecule has 3 heterocycles. The Hall–Kier alpha value is -3.55. The molecule has 5 aromatic rings. The number of nitrogens with one attached hydrogen (secondary N) is 1. The van der Waals surface area contributed by atoms with Gasteiger partial charge in [0.2, 0.25) is 0 Å². The molecule has 0 aliphatic carbocycles. The molecule has 0 spiro atoms. The van der Waals surface area contributed by atoms with Gasteiger partial charge in [-0.25, -0.2) is 0 Å². The molecule has 1 aliphatic heterocycles. The van der Waals surface area contributed by atoms with Crippen LogP contribution >= 0.6 is 7.26 Å². The maximum absolute atomic E-state index is 4.65. The summed E-state index contributed by atoms with van der Waals surface area (Å²) in [5.74, 6) is 0. The van der Waals surface area contributed by atoms with Crippen molar-refractivity contribution in [1.82, 2.24) is 9.97 Å². The molecule has 0 amide bonds. The van der Waals surface area contributed by atoms with Crippen LogP contribution in [0.25, 0.3) is 10.9 Å². The number of pyridine rings is 1. The van der Waals surface area contributed by atoms with Crippen LogP contribution in [0, 0.1) is 0 Å². The van der Waals surface area contributed by atoms with E-state index in [0.717, 1.165) is 11.2 Å². The molecular formula is C27H21N3P+. The highest BCUT2D eigenvalue weighted by atomic mass is 31.2. The number of benzene rings is 3. The molecule has 1 N–H and O–H groups in total. The predicted molar refractivity (Wildman–Crippen MR) is 132 cm³/mol. The molecule has 0 saturated carbocycles. The topological polar surface area (TPSA) is 41.0 Å². The fourth-order valence-electron chi connectivity index (χ4n) is 4.79. The van der Waals surface area contributed by atoms with Crippen LogP contribution in [-0.2, 0) is 6.54 Å². The first-order valence-electron chi connectivity index (χ1n) is 10.4. The van der Waals surface area contributed by atoms with Crippen molar-refractivity contribution < 1.29 is 0 Å². The molecular weight excluding hydrogens is 397 g/mol. The molecule has 6 rings (SSSR count). The second-order valence-electron chi connectivity index (χ2n) is 7.72. The van der Waals surface area contributed by atoms with Gasteiger partial charge in [-0.05, 0) is 42.5 Å². The van der Waals surface area contributed by atoms with Crippen molar-refractivity contribution in [3.05, 3.63) is 115 Å². The Morgan fingerprint density at radius 3 is 2.19 bits per heavy atom. The van der Waals surface area contributed by atoms with E-state index in [0.29, 0.717) is 6.54 Å². The molecule has 0 saturated heterocycles. The Kier molecular flexibility index (Phi) is 4.29. The zero-order chi connectivity index (χ0) is 20.7. The summed E-state index contributed by atoms with van der Waals surface area (Å²) in [6, 6.07) is 33.0. The molecule has 3 aromatic carbocycles. The number of aliphatic imine (C=N–C) groups is 1. The maximum atomic E-state index is 4.65. The third-order valence-corrected chi connectivity index (χ3v) is 10.5. The molecule has 0 unspecified atom stereocenters. The minimum absolute atomic E-state index is 0.654. The number of hydrogen-bond donors (Lipinski definition) is 1. The first kappa shape index (κ1) is 18.2. The second-order valence-corrected chi connectivity index (χ2v) is 11.1. The van der Waals surface area contributed by atoms with E-state index in [4.69, 9.17) is 0 Å². The molecule has 1 aliphatic rings. The standard InChI is InChI=1S/C27H21N3P/c1-3-8-20(9-4-1)31(21-10-5-2-6-11-21,26-13-7-12-24-22(26)14-16-29-24)27-15-17-30-25-19-28-18-23(25)27/h1-18,29H,19H2/q+1. The smallest absolute Gasteiger partial charge is 0.145 e. The predicted octanol–water partition coefficient (Wildman–Crippen LogP) is 4.11. The Labute approximate surface area is 181 Å². The average molecular weight is 418 g/mol. The summed E-state index contributed by atoms with van der Waals surface area (Å²) >= 11 is 0. The molecule has 2 aromatic heterocycles. The summed E-state index contributed by atoms with van der Waals surface area (Å²) in [5.41, 5.74) is 3.40. The number of fused-ring (bicyclic) bond motifs is 2. The van der Waals surface area contributed by atoms with Crippen molar-refractivity contribution in [3.63, 3.8) is 0 Å². The van der Waals surface area contributed by atoms with E-state index < -0.39 is 7.26 Å². The fourth-order valence-corrected chi connectivity index (χ4v) is 9.40. The van der Waals surface area contributed by atoms with Gasteiger partial charge in [-0.1, -0.05) is 42.5 Å². The van der Waals surface area contributed by atoms with E-state index in [1.165, 1.54) is 32.2 Å². The average Bonchev–Trinajstić information content (AvgIpc) is 3.51. The van der Waals surface area contributed by atoms with E-state index in [2.05, 4.69) is 106 Å². The summed E-state index contributed by atoms with van der Waals surface area (Å²) in [5, 5.41) is 6.62. The second kappa shape index (κ2) is 7.30. The van der Waals surface area contributed by atoms with Gasteiger partial charge in [0.05, 0.1) is 17.8 Å². The lowest BCUT2D eigenvalue weighted by molar-refractivity contribution is 1.03. The van der Waals surface area contributed by atoms with Crippen LogP contribution in [0.1, 0.15) is 11.3 Å². The first-order chi connectivity index (χ1) is 15.4. The van der Waals surface area contributed by atoms with E-state index in [1.807, 2.05) is 18.6 Å². The van der Waals surface area contributed by atoms with Gasteiger partial charge in [0.25, 0.3) is 0 Å². The van der Waals surface area contributed by atoms with Crippen LogP contribution in [-0.4, -0.2) is 16.2 Å². The van der Waals surface area contributed by atoms with Crippen molar-refractivity contribution in [3.8, 4) is 0 Å². The van der Waals surface area contributed by atoms with Gasteiger partial charge >= 0.3 is 0 Å². The number of aromatic amines is 1. The molecule has 31 heavy (non-hydrogen) atoms. The zero-order valence-corrected chi connectivity index (χ0v) is 17.8. The van der Waals surface area contributed by atoms with Crippen molar-refractivity contribution in [2.24, 2.45) is 4.99 Å². The monoisotopic (exact) mass is 418 g/mol. The van der Waals surface area contributed by atoms with Gasteiger partial charge in [-0.15, -0.1) is 0 Å². The highest BCUT2D eigenvalue weighted by molar-refractivity contribution is 8.02. The van der Waals surface area contributed by atoms with E-state index >= 15 is 0 Å². The van der Waals surface area contributed by atoms with Crippen LogP contribution in [0.15, 0.2) is 108 Å². The Balaban J connectivity index is 1.84. The van der Waals surface area contributed by atoms with Crippen LogP contribution in [0.3, 0.4) is 0 Å². The lowest BCUT2D eigenvalue weighted by Crippen LogP contribution is -2.40. The molecule has 0 atom stereocenters. The lowest BCUT2D eigenvalue weighted by Gasteiger charge is -2.29.